The van der Waals surface area contributed by atoms with Crippen molar-refractivity contribution in [2.75, 3.05) is 18.2 Å². The summed E-state index contributed by atoms with van der Waals surface area (Å²) in [5.41, 5.74) is 6.92. The van der Waals surface area contributed by atoms with Crippen molar-refractivity contribution in [1.82, 2.24) is 0 Å². The summed E-state index contributed by atoms with van der Waals surface area (Å²) in [6, 6.07) is 7.93. The number of nitrogens with two attached hydrogens (primary N) is 1. The van der Waals surface area contributed by atoms with E-state index in [9.17, 15) is 14.7 Å². The number of hydrogen-bond acceptors (Lipinski definition) is 5. The van der Waals surface area contributed by atoms with Crippen molar-refractivity contribution in [3.63, 3.8) is 0 Å². The van der Waals surface area contributed by atoms with Crippen LogP contribution in [0.15, 0.2) is 30.3 Å². The molecule has 2 aliphatic carbocycles. The number of fused-ring (bicyclic) bond motifs is 2. The molecule has 0 spiro atoms. The molecule has 0 aliphatic heterocycles. The largest absolute Gasteiger partial charge is 0.507 e. The quantitative estimate of drug-likeness (QED) is 0.330. The number of carbonyl (C=O) groups excluding carboxylic acids is 2. The van der Waals surface area contributed by atoms with E-state index < -0.39 is 5.78 Å². The van der Waals surface area contributed by atoms with Crippen molar-refractivity contribution in [2.45, 2.75) is 38.5 Å². The highest BCUT2D eigenvalue weighted by Gasteiger charge is 2.35. The lowest BCUT2D eigenvalue weighted by atomic mass is 9.79. The van der Waals surface area contributed by atoms with E-state index in [0.29, 0.717) is 18.1 Å². The van der Waals surface area contributed by atoms with Gasteiger partial charge in [0.05, 0.1) is 23.4 Å². The van der Waals surface area contributed by atoms with Gasteiger partial charge in [0.15, 0.2) is 11.6 Å². The predicted octanol–water partition coefficient (Wildman–Crippen LogP) is 4.95. The summed E-state index contributed by atoms with van der Waals surface area (Å²) >= 11 is 5.85. The van der Waals surface area contributed by atoms with E-state index in [1.165, 1.54) is 31.7 Å². The third-order valence-corrected chi connectivity index (χ3v) is 6.66. The summed E-state index contributed by atoms with van der Waals surface area (Å²) in [7, 11) is 0. The molecule has 4 rings (SSSR count). The summed E-state index contributed by atoms with van der Waals surface area (Å²) in [6.45, 7) is 0.450. The van der Waals surface area contributed by atoms with E-state index in [4.69, 9.17) is 22.1 Å². The van der Waals surface area contributed by atoms with Crippen LogP contribution in [0.5, 0.6) is 11.5 Å². The number of nitrogen functional groups attached to an aromatic ring is 1. The maximum Gasteiger partial charge on any atom is 0.198 e. The van der Waals surface area contributed by atoms with Crippen LogP contribution in [-0.4, -0.2) is 29.2 Å². The number of carbonyl (C=O) groups is 2. The molecule has 0 aromatic heterocycles. The first-order valence-corrected chi connectivity index (χ1v) is 11.1. The molecular weight excluding hydrogens is 402 g/mol. The van der Waals surface area contributed by atoms with Gasteiger partial charge in [-0.25, -0.2) is 0 Å². The molecular formula is C24H26ClNO4. The summed E-state index contributed by atoms with van der Waals surface area (Å²) in [6.07, 6.45) is 6.72. The van der Waals surface area contributed by atoms with Crippen LogP contribution in [0.1, 0.15) is 70.4 Å². The van der Waals surface area contributed by atoms with Gasteiger partial charge < -0.3 is 15.6 Å². The predicted molar refractivity (Wildman–Crippen MR) is 117 cm³/mol. The van der Waals surface area contributed by atoms with Crippen molar-refractivity contribution in [1.29, 1.82) is 0 Å². The fraction of sp³-hybridized carbons (Fsp3) is 0.417. The van der Waals surface area contributed by atoms with Gasteiger partial charge in [0.25, 0.3) is 0 Å². The Morgan fingerprint density at radius 1 is 0.967 bits per heavy atom. The number of anilines is 1. The molecule has 158 valence electrons. The SMILES string of the molecule is Nc1c(OCCC2CCC(CCCl)CC2)cc(O)c2c1C(=O)c1ccccc1C2=O. The first-order valence-electron chi connectivity index (χ1n) is 10.5. The number of phenols is 1. The Labute approximate surface area is 181 Å². The van der Waals surface area contributed by atoms with Crippen LogP contribution < -0.4 is 10.5 Å². The highest BCUT2D eigenvalue weighted by Crippen LogP contribution is 2.41. The smallest absolute Gasteiger partial charge is 0.198 e. The van der Waals surface area contributed by atoms with E-state index in [-0.39, 0.29) is 39.7 Å². The van der Waals surface area contributed by atoms with Crippen molar-refractivity contribution in [3.05, 3.63) is 52.6 Å². The van der Waals surface area contributed by atoms with Gasteiger partial charge in [-0.15, -0.1) is 11.6 Å². The van der Waals surface area contributed by atoms with Gasteiger partial charge in [-0.3, -0.25) is 9.59 Å². The number of ketones is 2. The molecule has 1 fully saturated rings. The van der Waals surface area contributed by atoms with Crippen LogP contribution >= 0.6 is 11.6 Å². The lowest BCUT2D eigenvalue weighted by Crippen LogP contribution is -2.23. The van der Waals surface area contributed by atoms with Gasteiger partial charge in [-0.05, 0) is 24.7 Å². The van der Waals surface area contributed by atoms with Crippen LogP contribution in [0.2, 0.25) is 0 Å². The summed E-state index contributed by atoms with van der Waals surface area (Å²) in [5.74, 6) is 1.27. The second-order valence-corrected chi connectivity index (χ2v) is 8.64. The van der Waals surface area contributed by atoms with Crippen LogP contribution in [0.3, 0.4) is 0 Å². The number of rotatable bonds is 6. The van der Waals surface area contributed by atoms with Crippen LogP contribution in [-0.2, 0) is 0 Å². The van der Waals surface area contributed by atoms with Crippen LogP contribution in [0.25, 0.3) is 0 Å². The molecule has 2 aromatic carbocycles. The minimum atomic E-state index is -0.398. The van der Waals surface area contributed by atoms with Gasteiger partial charge in [0.2, 0.25) is 0 Å². The average Bonchev–Trinajstić information content (AvgIpc) is 2.75. The number of aromatic hydroxyl groups is 1. The maximum absolute atomic E-state index is 13.0. The number of benzene rings is 2. The standard InChI is InChI=1S/C24H26ClNO4/c25-11-9-14-5-7-15(8-6-14)10-12-30-19-13-18(27)20-21(22(19)26)24(29)17-4-2-1-3-16(17)23(20)28/h1-4,13-15,27H,5-12,26H2. The van der Waals surface area contributed by atoms with Crippen molar-refractivity contribution >= 4 is 28.9 Å². The highest BCUT2D eigenvalue weighted by atomic mass is 35.5. The molecule has 2 aliphatic rings. The zero-order valence-corrected chi connectivity index (χ0v) is 17.6. The molecule has 0 heterocycles. The van der Waals surface area contributed by atoms with Gasteiger partial charge in [-0.1, -0.05) is 49.9 Å². The zero-order valence-electron chi connectivity index (χ0n) is 16.8. The molecule has 6 heteroatoms. The first-order chi connectivity index (χ1) is 14.5. The lowest BCUT2D eigenvalue weighted by molar-refractivity contribution is 0.0977. The van der Waals surface area contributed by atoms with Crippen LogP contribution in [0.4, 0.5) is 5.69 Å². The van der Waals surface area contributed by atoms with Gasteiger partial charge in [0, 0.05) is 23.1 Å². The van der Waals surface area contributed by atoms with E-state index in [1.54, 1.807) is 24.3 Å². The Kier molecular flexibility index (Phi) is 6.00. The highest BCUT2D eigenvalue weighted by molar-refractivity contribution is 6.31. The van der Waals surface area contributed by atoms with Crippen molar-refractivity contribution in [3.8, 4) is 11.5 Å². The normalized spacial score (nSPS) is 20.6. The molecule has 2 aromatic rings. The average molecular weight is 428 g/mol. The van der Waals surface area contributed by atoms with Crippen LogP contribution in [0, 0.1) is 11.8 Å². The fourth-order valence-corrected chi connectivity index (χ4v) is 5.00. The molecule has 0 bridgehead atoms. The number of ether oxygens (including phenoxy) is 1. The topological polar surface area (TPSA) is 89.6 Å². The third kappa shape index (κ3) is 3.79. The minimum Gasteiger partial charge on any atom is -0.507 e. The monoisotopic (exact) mass is 427 g/mol. The van der Waals surface area contributed by atoms with E-state index >= 15 is 0 Å². The van der Waals surface area contributed by atoms with Crippen molar-refractivity contribution < 1.29 is 19.4 Å². The van der Waals surface area contributed by atoms with Gasteiger partial charge >= 0.3 is 0 Å². The molecule has 0 atom stereocenters. The zero-order chi connectivity index (χ0) is 21.3. The van der Waals surface area contributed by atoms with Gasteiger partial charge in [-0.2, -0.15) is 0 Å². The molecule has 3 N–H and O–H groups in total. The fourth-order valence-electron chi connectivity index (χ4n) is 4.69. The number of phenolic OH excluding ortho intramolecular Hbond substituents is 1. The maximum atomic E-state index is 13.0. The Morgan fingerprint density at radius 3 is 2.13 bits per heavy atom. The Hall–Kier alpha value is -2.53. The molecule has 0 amide bonds. The number of halogens is 1. The summed E-state index contributed by atoms with van der Waals surface area (Å²) < 4.78 is 5.86. The Morgan fingerprint density at radius 2 is 1.53 bits per heavy atom. The van der Waals surface area contributed by atoms with E-state index in [0.717, 1.165) is 24.6 Å². The third-order valence-electron chi connectivity index (χ3n) is 6.45. The van der Waals surface area contributed by atoms with E-state index in [2.05, 4.69) is 0 Å². The second-order valence-electron chi connectivity index (χ2n) is 8.26. The molecule has 0 saturated heterocycles. The summed E-state index contributed by atoms with van der Waals surface area (Å²) in [4.78, 5) is 25.8. The lowest BCUT2D eigenvalue weighted by Gasteiger charge is -2.28. The summed E-state index contributed by atoms with van der Waals surface area (Å²) in [5, 5.41) is 10.5. The minimum absolute atomic E-state index is 0.0373. The molecule has 30 heavy (non-hydrogen) atoms. The Bertz CT molecular complexity index is 979. The number of alkyl halides is 1. The van der Waals surface area contributed by atoms with Gasteiger partial charge in [0.1, 0.15) is 11.5 Å². The molecule has 0 radical (unpaired) electrons. The molecule has 1 saturated carbocycles. The molecule has 5 nitrogen and oxygen atoms in total. The second kappa shape index (κ2) is 8.68. The molecule has 0 unspecified atom stereocenters. The first kappa shape index (κ1) is 20.7. The van der Waals surface area contributed by atoms with Crippen molar-refractivity contribution in [2.24, 2.45) is 11.8 Å². The Balaban J connectivity index is 1.48. The number of hydrogen-bond donors (Lipinski definition) is 2. The van der Waals surface area contributed by atoms with E-state index in [1.807, 2.05) is 0 Å².